The number of nitrogens with one attached hydrogen (secondary N) is 1. The van der Waals surface area contributed by atoms with Gasteiger partial charge in [-0.05, 0) is 39.9 Å². The Morgan fingerprint density at radius 3 is 2.51 bits per heavy atom. The van der Waals surface area contributed by atoms with Gasteiger partial charge in [-0.1, -0.05) is 72.4 Å². The number of imidazole rings is 1. The van der Waals surface area contributed by atoms with E-state index in [-0.39, 0.29) is 24.7 Å². The van der Waals surface area contributed by atoms with Gasteiger partial charge in [0.25, 0.3) is 0 Å². The molecule has 2 heterocycles. The zero-order valence-electron chi connectivity index (χ0n) is 22.1. The molecule has 7 nitrogen and oxygen atoms in total. The average molecular weight is 544 g/mol. The van der Waals surface area contributed by atoms with Crippen LogP contribution in [0.5, 0.6) is 0 Å². The monoisotopic (exact) mass is 543 g/mol. The topological polar surface area (TPSA) is 85.6 Å². The number of carbonyl (C=O) groups is 1. The molecule has 0 bridgehead atoms. The number of aliphatic hydroxyl groups excluding tert-OH is 1. The minimum Gasteiger partial charge on any atom is -0.392 e. The molecule has 1 aliphatic heterocycles. The zero-order chi connectivity index (χ0) is 27.2. The molecule has 1 aromatic heterocycles. The van der Waals surface area contributed by atoms with Crippen LogP contribution >= 0.6 is 11.8 Å². The maximum atomic E-state index is 11.4. The summed E-state index contributed by atoms with van der Waals surface area (Å²) in [5.74, 6) is 0.700. The molecule has 3 unspecified atom stereocenters. The highest BCUT2D eigenvalue weighted by Crippen LogP contribution is 2.40. The number of amides is 1. The molecular formula is C31H33N3O4S. The summed E-state index contributed by atoms with van der Waals surface area (Å²) in [5.41, 5.74) is 6.04. The van der Waals surface area contributed by atoms with E-state index < -0.39 is 6.29 Å². The molecule has 8 heteroatoms. The van der Waals surface area contributed by atoms with Crippen molar-refractivity contribution in [2.24, 2.45) is 7.05 Å². The summed E-state index contributed by atoms with van der Waals surface area (Å²) in [5, 5.41) is 13.3. The number of ether oxygens (including phenoxy) is 2. The molecule has 1 fully saturated rings. The van der Waals surface area contributed by atoms with Crippen LogP contribution in [0.15, 0.2) is 90.3 Å². The first kappa shape index (κ1) is 27.1. The Morgan fingerprint density at radius 2 is 1.79 bits per heavy atom. The van der Waals surface area contributed by atoms with Gasteiger partial charge in [0.15, 0.2) is 11.4 Å². The second kappa shape index (κ2) is 12.6. The normalized spacial score (nSPS) is 19.1. The summed E-state index contributed by atoms with van der Waals surface area (Å²) < 4.78 is 15.1. The van der Waals surface area contributed by atoms with Gasteiger partial charge in [-0.3, -0.25) is 4.79 Å². The quantitative estimate of drug-likeness (QED) is 0.269. The molecule has 1 saturated heterocycles. The Morgan fingerprint density at radius 1 is 1.03 bits per heavy atom. The minimum absolute atomic E-state index is 0.0132. The highest BCUT2D eigenvalue weighted by atomic mass is 32.2. The Kier molecular flexibility index (Phi) is 8.78. The fraction of sp³-hybridized carbons (Fsp3) is 0.290. The lowest BCUT2D eigenvalue weighted by atomic mass is 9.99. The zero-order valence-corrected chi connectivity index (χ0v) is 22.9. The molecule has 4 aromatic rings. The predicted octanol–water partition coefficient (Wildman–Crippen LogP) is 5.55. The van der Waals surface area contributed by atoms with Gasteiger partial charge in [-0.15, -0.1) is 0 Å². The fourth-order valence-corrected chi connectivity index (χ4v) is 5.58. The molecule has 3 aromatic carbocycles. The Balaban J connectivity index is 1.38. The van der Waals surface area contributed by atoms with Crippen LogP contribution in [0.3, 0.4) is 0 Å². The Bertz CT molecular complexity index is 1400. The molecular weight excluding hydrogens is 510 g/mol. The van der Waals surface area contributed by atoms with Gasteiger partial charge in [-0.25, -0.2) is 4.98 Å². The van der Waals surface area contributed by atoms with E-state index in [4.69, 9.17) is 9.47 Å². The molecule has 1 amide bonds. The SMILES string of the molecule is CC(=O)NCc1cccc(-c2cccc(C3OC(CSc4nccn4C)CC(c4ccc(CO)cc4)O3)c2)c1. The Hall–Kier alpha value is -3.43. The number of hydrogen-bond acceptors (Lipinski definition) is 6. The van der Waals surface area contributed by atoms with Crippen LogP contribution in [0.2, 0.25) is 0 Å². The molecule has 5 rings (SSSR count). The number of carbonyl (C=O) groups excluding carboxylic acids is 1. The van der Waals surface area contributed by atoms with Crippen LogP contribution < -0.4 is 5.32 Å². The van der Waals surface area contributed by atoms with Gasteiger partial charge < -0.3 is 24.5 Å². The van der Waals surface area contributed by atoms with Crippen molar-refractivity contribution in [1.29, 1.82) is 0 Å². The number of benzene rings is 3. The van der Waals surface area contributed by atoms with Crippen LogP contribution in [0.25, 0.3) is 11.1 Å². The molecule has 0 aliphatic carbocycles. The summed E-state index contributed by atoms with van der Waals surface area (Å²) >= 11 is 1.68. The maximum absolute atomic E-state index is 11.4. The fourth-order valence-electron chi connectivity index (χ4n) is 4.63. The van der Waals surface area contributed by atoms with E-state index >= 15 is 0 Å². The summed E-state index contributed by atoms with van der Waals surface area (Å²) in [6.07, 6.45) is 3.75. The molecule has 202 valence electrons. The summed E-state index contributed by atoms with van der Waals surface area (Å²) in [6.45, 7) is 2.02. The summed E-state index contributed by atoms with van der Waals surface area (Å²) in [7, 11) is 1.99. The van der Waals surface area contributed by atoms with Crippen LogP contribution in [0.1, 0.15) is 48.0 Å². The lowest BCUT2D eigenvalue weighted by molar-refractivity contribution is -0.245. The Labute approximate surface area is 233 Å². The lowest BCUT2D eigenvalue weighted by Gasteiger charge is -2.36. The average Bonchev–Trinajstić information content (AvgIpc) is 3.39. The molecule has 0 saturated carbocycles. The number of aryl methyl sites for hydroxylation is 1. The summed E-state index contributed by atoms with van der Waals surface area (Å²) in [4.78, 5) is 15.8. The molecule has 3 atom stereocenters. The van der Waals surface area contributed by atoms with E-state index in [1.54, 1.807) is 18.0 Å². The molecule has 0 radical (unpaired) electrons. The van der Waals surface area contributed by atoms with Crippen molar-refractivity contribution in [2.75, 3.05) is 5.75 Å². The van der Waals surface area contributed by atoms with Gasteiger partial charge in [0.05, 0.1) is 18.8 Å². The number of rotatable bonds is 9. The second-order valence-electron chi connectivity index (χ2n) is 9.72. The van der Waals surface area contributed by atoms with E-state index in [9.17, 15) is 9.90 Å². The van der Waals surface area contributed by atoms with E-state index in [2.05, 4.69) is 34.6 Å². The van der Waals surface area contributed by atoms with Crippen molar-refractivity contribution in [1.82, 2.24) is 14.9 Å². The molecule has 0 spiro atoms. The van der Waals surface area contributed by atoms with Crippen molar-refractivity contribution in [3.05, 3.63) is 107 Å². The van der Waals surface area contributed by atoms with Crippen LogP contribution in [0, 0.1) is 0 Å². The van der Waals surface area contributed by atoms with Crippen LogP contribution in [0.4, 0.5) is 0 Å². The first-order valence-corrected chi connectivity index (χ1v) is 14.0. The van der Waals surface area contributed by atoms with Crippen molar-refractivity contribution >= 4 is 17.7 Å². The van der Waals surface area contributed by atoms with Crippen LogP contribution in [-0.4, -0.2) is 32.4 Å². The van der Waals surface area contributed by atoms with Crippen LogP contribution in [-0.2, 0) is 34.5 Å². The first-order chi connectivity index (χ1) is 19.0. The number of aromatic nitrogens is 2. The molecule has 39 heavy (non-hydrogen) atoms. The van der Waals surface area contributed by atoms with Gasteiger partial charge in [0.2, 0.25) is 5.91 Å². The van der Waals surface area contributed by atoms with E-state index in [1.165, 1.54) is 6.92 Å². The third-order valence-corrected chi connectivity index (χ3v) is 7.94. The highest BCUT2D eigenvalue weighted by molar-refractivity contribution is 7.99. The highest BCUT2D eigenvalue weighted by Gasteiger charge is 2.32. The van der Waals surface area contributed by atoms with Crippen molar-refractivity contribution in [3.8, 4) is 11.1 Å². The van der Waals surface area contributed by atoms with Gasteiger partial charge >= 0.3 is 0 Å². The van der Waals surface area contributed by atoms with Gasteiger partial charge in [-0.2, -0.15) is 0 Å². The van der Waals surface area contributed by atoms with E-state index in [1.807, 2.05) is 66.3 Å². The maximum Gasteiger partial charge on any atom is 0.217 e. The largest absolute Gasteiger partial charge is 0.392 e. The summed E-state index contributed by atoms with van der Waals surface area (Å²) in [6, 6.07) is 24.3. The van der Waals surface area contributed by atoms with Gasteiger partial charge in [0.1, 0.15) is 0 Å². The standard InChI is InChI=1S/C31H33N3O4S/c1-21(36)33-18-23-5-3-6-25(15-23)26-7-4-8-27(16-26)30-37-28(20-39-31-32-13-14-34(31)2)17-29(38-30)24-11-9-22(19-35)10-12-24/h3-16,28-30,35H,17-20H2,1-2H3,(H,33,36). The number of hydrogen-bond donors (Lipinski definition) is 2. The smallest absolute Gasteiger partial charge is 0.217 e. The first-order valence-electron chi connectivity index (χ1n) is 13.0. The predicted molar refractivity (Wildman–Crippen MR) is 152 cm³/mol. The van der Waals surface area contributed by atoms with E-state index in [0.29, 0.717) is 6.54 Å². The van der Waals surface area contributed by atoms with Crippen molar-refractivity contribution < 1.29 is 19.4 Å². The van der Waals surface area contributed by atoms with Crippen molar-refractivity contribution in [3.63, 3.8) is 0 Å². The molecule has 1 aliphatic rings. The lowest BCUT2D eigenvalue weighted by Crippen LogP contribution is -2.31. The molecule has 2 N–H and O–H groups in total. The third kappa shape index (κ3) is 6.96. The second-order valence-corrected chi connectivity index (χ2v) is 10.7. The van der Waals surface area contributed by atoms with Crippen molar-refractivity contribution in [2.45, 2.75) is 50.2 Å². The van der Waals surface area contributed by atoms with Gasteiger partial charge in [0, 0.05) is 50.6 Å². The number of aliphatic hydroxyl groups is 1. The minimum atomic E-state index is -0.532. The number of nitrogens with zero attached hydrogens (tertiary/aromatic N) is 2. The van der Waals surface area contributed by atoms with E-state index in [0.717, 1.165) is 50.7 Å². The third-order valence-electron chi connectivity index (χ3n) is 6.75. The number of thioether (sulfide) groups is 1.